The Morgan fingerprint density at radius 2 is 2.00 bits per heavy atom. The zero-order valence-corrected chi connectivity index (χ0v) is 8.31. The number of rotatable bonds is 2. The first-order chi connectivity index (χ1) is 7.78. The van der Waals surface area contributed by atoms with Crippen molar-refractivity contribution < 1.29 is 27.5 Å². The van der Waals surface area contributed by atoms with Crippen LogP contribution in [0.4, 0.5) is 28.0 Å². The van der Waals surface area contributed by atoms with E-state index in [1.165, 1.54) is 5.32 Å². The summed E-state index contributed by atoms with van der Waals surface area (Å²) in [6.45, 7) is -1.52. The van der Waals surface area contributed by atoms with Crippen molar-refractivity contribution in [2.75, 3.05) is 11.9 Å². The van der Waals surface area contributed by atoms with Gasteiger partial charge in [0.15, 0.2) is 0 Å². The first-order valence-corrected chi connectivity index (χ1v) is 4.38. The second kappa shape index (κ2) is 4.89. The van der Waals surface area contributed by atoms with Crippen LogP contribution in [-0.4, -0.2) is 23.9 Å². The van der Waals surface area contributed by atoms with E-state index < -0.39 is 24.6 Å². The van der Waals surface area contributed by atoms with Gasteiger partial charge in [0, 0.05) is 6.07 Å². The van der Waals surface area contributed by atoms with Crippen LogP contribution in [-0.2, 0) is 0 Å². The third kappa shape index (κ3) is 4.58. The SMILES string of the molecule is O=C(NCC(F)(F)F)Nc1ccc(O)cc1F. The highest BCUT2D eigenvalue weighted by atomic mass is 19.4. The Morgan fingerprint density at radius 3 is 2.53 bits per heavy atom. The molecule has 2 amide bonds. The van der Waals surface area contributed by atoms with Crippen molar-refractivity contribution in [2.45, 2.75) is 6.18 Å². The van der Waals surface area contributed by atoms with Gasteiger partial charge >= 0.3 is 12.2 Å². The molecule has 0 radical (unpaired) electrons. The lowest BCUT2D eigenvalue weighted by molar-refractivity contribution is -0.122. The molecule has 0 fully saturated rings. The molecule has 17 heavy (non-hydrogen) atoms. The first-order valence-electron chi connectivity index (χ1n) is 4.38. The van der Waals surface area contributed by atoms with E-state index in [0.29, 0.717) is 0 Å². The molecule has 0 spiro atoms. The Bertz CT molecular complexity index is 420. The topological polar surface area (TPSA) is 61.4 Å². The van der Waals surface area contributed by atoms with Crippen LogP contribution in [0, 0.1) is 5.82 Å². The third-order valence-corrected chi connectivity index (χ3v) is 1.65. The molecule has 94 valence electrons. The normalized spacial score (nSPS) is 11.1. The molecule has 0 unspecified atom stereocenters. The van der Waals surface area contributed by atoms with Crippen molar-refractivity contribution in [1.82, 2.24) is 5.32 Å². The molecule has 4 nitrogen and oxygen atoms in total. The maximum Gasteiger partial charge on any atom is 0.405 e. The number of aromatic hydroxyl groups is 1. The van der Waals surface area contributed by atoms with Gasteiger partial charge in [0.1, 0.15) is 18.1 Å². The van der Waals surface area contributed by atoms with Gasteiger partial charge in [-0.1, -0.05) is 0 Å². The Labute approximate surface area is 93.2 Å². The number of halogens is 4. The first kappa shape index (κ1) is 13.1. The Kier molecular flexibility index (Phi) is 3.77. The van der Waals surface area contributed by atoms with E-state index in [1.54, 1.807) is 0 Å². The van der Waals surface area contributed by atoms with Crippen molar-refractivity contribution >= 4 is 11.7 Å². The number of hydrogen-bond acceptors (Lipinski definition) is 2. The van der Waals surface area contributed by atoms with Crippen LogP contribution < -0.4 is 10.6 Å². The molecule has 0 heterocycles. The summed E-state index contributed by atoms with van der Waals surface area (Å²) < 4.78 is 48.3. The van der Waals surface area contributed by atoms with Crippen molar-refractivity contribution in [2.24, 2.45) is 0 Å². The summed E-state index contributed by atoms with van der Waals surface area (Å²) in [7, 11) is 0. The lowest BCUT2D eigenvalue weighted by Crippen LogP contribution is -2.36. The number of carbonyl (C=O) groups excluding carboxylic acids is 1. The van der Waals surface area contributed by atoms with Gasteiger partial charge < -0.3 is 15.7 Å². The molecule has 0 bridgehead atoms. The fourth-order valence-corrected chi connectivity index (χ4v) is 0.952. The van der Waals surface area contributed by atoms with Crippen LogP contribution in [0.2, 0.25) is 0 Å². The molecular weight excluding hydrogens is 244 g/mol. The lowest BCUT2D eigenvalue weighted by atomic mass is 10.3. The number of phenols is 1. The number of benzene rings is 1. The third-order valence-electron chi connectivity index (χ3n) is 1.65. The minimum Gasteiger partial charge on any atom is -0.508 e. The van der Waals surface area contributed by atoms with Crippen LogP contribution >= 0.6 is 0 Å². The second-order valence-corrected chi connectivity index (χ2v) is 3.09. The number of urea groups is 1. The summed E-state index contributed by atoms with van der Waals surface area (Å²) in [5.41, 5.74) is -0.331. The predicted molar refractivity (Wildman–Crippen MR) is 51.1 cm³/mol. The fourth-order valence-electron chi connectivity index (χ4n) is 0.952. The number of hydrogen-bond donors (Lipinski definition) is 3. The molecule has 0 aromatic heterocycles. The standard InChI is InChI=1S/C9H8F4N2O2/c10-6-3-5(16)1-2-7(6)15-8(17)14-4-9(11,12)13/h1-3,16H,4H2,(H2,14,15,17). The average molecular weight is 252 g/mol. The van der Waals surface area contributed by atoms with Crippen molar-refractivity contribution in [3.63, 3.8) is 0 Å². The van der Waals surface area contributed by atoms with Gasteiger partial charge in [0.25, 0.3) is 0 Å². The van der Waals surface area contributed by atoms with Gasteiger partial charge in [-0.2, -0.15) is 13.2 Å². The van der Waals surface area contributed by atoms with Crippen molar-refractivity contribution in [3.05, 3.63) is 24.0 Å². The molecule has 0 saturated carbocycles. The maximum atomic E-state index is 13.1. The van der Waals surface area contributed by atoms with E-state index >= 15 is 0 Å². The van der Waals surface area contributed by atoms with Crippen LogP contribution in [0.15, 0.2) is 18.2 Å². The summed E-state index contributed by atoms with van der Waals surface area (Å²) in [5.74, 6) is -1.31. The van der Waals surface area contributed by atoms with Crippen LogP contribution in [0.5, 0.6) is 5.75 Å². The van der Waals surface area contributed by atoms with E-state index in [0.717, 1.165) is 18.2 Å². The van der Waals surface area contributed by atoms with Gasteiger partial charge in [-0.05, 0) is 12.1 Å². The van der Waals surface area contributed by atoms with Gasteiger partial charge in [-0.15, -0.1) is 0 Å². The highest BCUT2D eigenvalue weighted by Crippen LogP contribution is 2.19. The van der Waals surface area contributed by atoms with Gasteiger partial charge in [-0.3, -0.25) is 0 Å². The number of phenolic OH excluding ortho intramolecular Hbond substituents is 1. The van der Waals surface area contributed by atoms with Gasteiger partial charge in [0.05, 0.1) is 5.69 Å². The molecule has 1 aromatic carbocycles. The summed E-state index contributed by atoms with van der Waals surface area (Å²) in [6.07, 6.45) is -4.54. The van der Waals surface area contributed by atoms with Crippen LogP contribution in [0.1, 0.15) is 0 Å². The summed E-state index contributed by atoms with van der Waals surface area (Å²) in [6, 6.07) is 1.64. The maximum absolute atomic E-state index is 13.1. The lowest BCUT2D eigenvalue weighted by Gasteiger charge is -2.10. The molecule has 8 heteroatoms. The Hall–Kier alpha value is -1.99. The molecule has 0 saturated heterocycles. The van der Waals surface area contributed by atoms with Crippen molar-refractivity contribution in [1.29, 1.82) is 0 Å². The quantitative estimate of drug-likeness (QED) is 0.558. The summed E-state index contributed by atoms with van der Waals surface area (Å²) in [5, 5.41) is 12.2. The molecule has 1 aromatic rings. The minimum atomic E-state index is -4.54. The van der Waals surface area contributed by atoms with Crippen LogP contribution in [0.3, 0.4) is 0 Å². The minimum absolute atomic E-state index is 0.331. The zero-order valence-electron chi connectivity index (χ0n) is 8.31. The van der Waals surface area contributed by atoms with E-state index in [1.807, 2.05) is 5.32 Å². The number of anilines is 1. The van der Waals surface area contributed by atoms with E-state index in [4.69, 9.17) is 5.11 Å². The van der Waals surface area contributed by atoms with E-state index in [-0.39, 0.29) is 11.4 Å². The second-order valence-electron chi connectivity index (χ2n) is 3.09. The molecule has 3 N–H and O–H groups in total. The summed E-state index contributed by atoms with van der Waals surface area (Å²) >= 11 is 0. The molecule has 0 aliphatic heterocycles. The Balaban J connectivity index is 2.57. The monoisotopic (exact) mass is 252 g/mol. The predicted octanol–water partition coefficient (Wildman–Crippen LogP) is 2.22. The molecular formula is C9H8F4N2O2. The highest BCUT2D eigenvalue weighted by Gasteiger charge is 2.27. The van der Waals surface area contributed by atoms with Crippen LogP contribution in [0.25, 0.3) is 0 Å². The Morgan fingerprint density at radius 1 is 1.35 bits per heavy atom. The molecule has 0 atom stereocenters. The number of alkyl halides is 3. The molecule has 1 rings (SSSR count). The summed E-state index contributed by atoms with van der Waals surface area (Å²) in [4.78, 5) is 10.9. The number of carbonyl (C=O) groups is 1. The van der Waals surface area contributed by atoms with E-state index in [9.17, 15) is 22.4 Å². The number of amides is 2. The largest absolute Gasteiger partial charge is 0.508 e. The smallest absolute Gasteiger partial charge is 0.405 e. The van der Waals surface area contributed by atoms with Gasteiger partial charge in [0.2, 0.25) is 0 Å². The fraction of sp³-hybridized carbons (Fsp3) is 0.222. The van der Waals surface area contributed by atoms with Crippen molar-refractivity contribution in [3.8, 4) is 5.75 Å². The average Bonchev–Trinajstić information content (AvgIpc) is 2.18. The van der Waals surface area contributed by atoms with E-state index in [2.05, 4.69) is 0 Å². The van der Waals surface area contributed by atoms with Gasteiger partial charge in [-0.25, -0.2) is 9.18 Å². The molecule has 0 aliphatic rings. The number of nitrogens with one attached hydrogen (secondary N) is 2. The zero-order chi connectivity index (χ0) is 13.1. The molecule has 0 aliphatic carbocycles. The highest BCUT2D eigenvalue weighted by molar-refractivity contribution is 5.89.